The SMILES string of the molecule is CCCCCCP1(=O)OCC(CC)(COP(=O)(CCCCCC)OCC2(CC)COP(=O)(CCCCCC)OC2)CO1. The highest BCUT2D eigenvalue weighted by molar-refractivity contribution is 7.54. The van der Waals surface area contributed by atoms with Crippen molar-refractivity contribution in [2.24, 2.45) is 10.8 Å². The van der Waals surface area contributed by atoms with Crippen LogP contribution in [-0.4, -0.2) is 58.1 Å². The Morgan fingerprint density at radius 3 is 1.26 bits per heavy atom. The normalized spacial score (nSPS) is 31.6. The number of hydrogen-bond donors (Lipinski definition) is 0. The van der Waals surface area contributed by atoms with E-state index in [0.717, 1.165) is 77.0 Å². The minimum Gasteiger partial charge on any atom is -0.308 e. The van der Waals surface area contributed by atoms with Crippen molar-refractivity contribution in [3.63, 3.8) is 0 Å². The molecule has 2 fully saturated rings. The van der Waals surface area contributed by atoms with Crippen LogP contribution in [0.5, 0.6) is 0 Å². The predicted octanol–water partition coefficient (Wildman–Crippen LogP) is 10.2. The van der Waals surface area contributed by atoms with E-state index in [2.05, 4.69) is 20.8 Å². The average Bonchev–Trinajstić information content (AvgIpc) is 3.00. The monoisotopic (exact) mass is 658 g/mol. The van der Waals surface area contributed by atoms with Gasteiger partial charge in [-0.25, -0.2) is 0 Å². The van der Waals surface area contributed by atoms with Crippen LogP contribution in [0.1, 0.15) is 125 Å². The van der Waals surface area contributed by atoms with E-state index in [1.165, 1.54) is 0 Å². The fourth-order valence-corrected chi connectivity index (χ4v) is 10.6. The molecular formula is C30H61O9P3. The van der Waals surface area contributed by atoms with E-state index in [0.29, 0.717) is 31.3 Å². The molecule has 0 aromatic heterocycles. The van der Waals surface area contributed by atoms with E-state index in [9.17, 15) is 13.7 Å². The Kier molecular flexibility index (Phi) is 17.7. The van der Waals surface area contributed by atoms with Crippen LogP contribution in [-0.2, 0) is 40.8 Å². The molecule has 42 heavy (non-hydrogen) atoms. The number of unbranched alkanes of at least 4 members (excludes halogenated alkanes) is 9. The van der Waals surface area contributed by atoms with E-state index >= 15 is 0 Å². The minimum absolute atomic E-state index is 0.142. The molecule has 2 aliphatic rings. The molecule has 0 aliphatic carbocycles. The van der Waals surface area contributed by atoms with Gasteiger partial charge in [0.1, 0.15) is 0 Å². The Hall–Kier alpha value is 0.450. The van der Waals surface area contributed by atoms with Crippen molar-refractivity contribution in [2.45, 2.75) is 125 Å². The van der Waals surface area contributed by atoms with Crippen LogP contribution in [0.4, 0.5) is 0 Å². The average molecular weight is 659 g/mol. The quantitative estimate of drug-likeness (QED) is 0.0783. The van der Waals surface area contributed by atoms with Gasteiger partial charge in [0.2, 0.25) is 0 Å². The zero-order chi connectivity index (χ0) is 31.0. The molecule has 0 aromatic carbocycles. The van der Waals surface area contributed by atoms with Gasteiger partial charge in [0.15, 0.2) is 0 Å². The Morgan fingerprint density at radius 1 is 0.571 bits per heavy atom. The predicted molar refractivity (Wildman–Crippen MR) is 171 cm³/mol. The van der Waals surface area contributed by atoms with Gasteiger partial charge in [0.05, 0.1) is 58.1 Å². The summed E-state index contributed by atoms with van der Waals surface area (Å²) in [6.07, 6.45) is 14.5. The minimum atomic E-state index is -3.48. The summed E-state index contributed by atoms with van der Waals surface area (Å²) in [5.41, 5.74) is -1.08. The molecule has 0 amide bonds. The van der Waals surface area contributed by atoms with Gasteiger partial charge in [-0.3, -0.25) is 13.7 Å². The van der Waals surface area contributed by atoms with Crippen LogP contribution in [0.2, 0.25) is 0 Å². The van der Waals surface area contributed by atoms with Crippen LogP contribution in [0.15, 0.2) is 0 Å². The summed E-state index contributed by atoms with van der Waals surface area (Å²) in [5, 5.41) is 0. The van der Waals surface area contributed by atoms with Crippen LogP contribution in [0, 0.1) is 10.8 Å². The second kappa shape index (κ2) is 19.2. The zero-order valence-corrected chi connectivity index (χ0v) is 30.0. The van der Waals surface area contributed by atoms with Crippen molar-refractivity contribution < 1.29 is 40.8 Å². The van der Waals surface area contributed by atoms with E-state index in [-0.39, 0.29) is 39.6 Å². The Labute approximate surface area is 256 Å². The molecule has 0 atom stereocenters. The van der Waals surface area contributed by atoms with Crippen molar-refractivity contribution in [3.8, 4) is 0 Å². The first-order valence-electron chi connectivity index (χ1n) is 16.7. The maximum atomic E-state index is 14.1. The molecule has 9 nitrogen and oxygen atoms in total. The van der Waals surface area contributed by atoms with Crippen LogP contribution >= 0.6 is 22.8 Å². The molecular weight excluding hydrogens is 597 g/mol. The maximum absolute atomic E-state index is 14.1. The second-order valence-electron chi connectivity index (χ2n) is 12.5. The van der Waals surface area contributed by atoms with Gasteiger partial charge in [-0.1, -0.05) is 92.4 Å². The Balaban J connectivity index is 1.99. The molecule has 0 bridgehead atoms. The standard InChI is InChI=1S/C30H61O9P3/c1-6-11-14-17-20-40(31)34-23-29(9-4,24-35-40)27-38-42(33,22-19-16-13-8-3)39-28-30(10-5)25-36-41(32,37-26-30)21-18-15-12-7-2/h6-28H2,1-5H3. The summed E-state index contributed by atoms with van der Waals surface area (Å²) >= 11 is 0. The molecule has 2 heterocycles. The topological polar surface area (TPSA) is 107 Å². The molecule has 2 saturated heterocycles. The highest BCUT2D eigenvalue weighted by atomic mass is 31.2. The van der Waals surface area contributed by atoms with Gasteiger partial charge in [-0.05, 0) is 32.1 Å². The first-order valence-corrected chi connectivity index (χ1v) is 21.9. The highest BCUT2D eigenvalue weighted by Crippen LogP contribution is 2.59. The fourth-order valence-electron chi connectivity index (χ4n) is 4.97. The molecule has 0 radical (unpaired) electrons. The largest absolute Gasteiger partial charge is 0.330 e. The molecule has 0 N–H and O–H groups in total. The summed E-state index contributed by atoms with van der Waals surface area (Å²) in [6.45, 7) is 11.7. The summed E-state index contributed by atoms with van der Waals surface area (Å²) in [6, 6.07) is 0. The van der Waals surface area contributed by atoms with Gasteiger partial charge >= 0.3 is 22.8 Å². The molecule has 2 rings (SSSR count). The summed E-state index contributed by atoms with van der Waals surface area (Å²) in [4.78, 5) is 0. The van der Waals surface area contributed by atoms with E-state index in [1.807, 2.05) is 13.8 Å². The van der Waals surface area contributed by atoms with Crippen molar-refractivity contribution in [3.05, 3.63) is 0 Å². The van der Waals surface area contributed by atoms with E-state index in [4.69, 9.17) is 27.1 Å². The third-order valence-electron chi connectivity index (χ3n) is 8.76. The van der Waals surface area contributed by atoms with Crippen LogP contribution in [0.25, 0.3) is 0 Å². The molecule has 0 aromatic rings. The molecule has 0 saturated carbocycles. The van der Waals surface area contributed by atoms with Gasteiger partial charge in [-0.15, -0.1) is 0 Å². The maximum Gasteiger partial charge on any atom is 0.330 e. The highest BCUT2D eigenvalue weighted by Gasteiger charge is 2.45. The first kappa shape index (κ1) is 38.6. The lowest BCUT2D eigenvalue weighted by atomic mass is 9.88. The third kappa shape index (κ3) is 13.1. The van der Waals surface area contributed by atoms with Gasteiger partial charge < -0.3 is 27.1 Å². The summed E-state index contributed by atoms with van der Waals surface area (Å²) in [5.74, 6) is 0. The van der Waals surface area contributed by atoms with Gasteiger partial charge in [-0.2, -0.15) is 0 Å². The first-order chi connectivity index (χ1) is 20.0. The molecule has 250 valence electrons. The van der Waals surface area contributed by atoms with Crippen molar-refractivity contribution in [1.82, 2.24) is 0 Å². The second-order valence-corrected chi connectivity index (χ2v) is 19.1. The van der Waals surface area contributed by atoms with Crippen molar-refractivity contribution in [2.75, 3.05) is 58.1 Å². The van der Waals surface area contributed by atoms with Crippen molar-refractivity contribution in [1.29, 1.82) is 0 Å². The van der Waals surface area contributed by atoms with E-state index < -0.39 is 33.6 Å². The fraction of sp³-hybridized carbons (Fsp3) is 1.00. The lowest BCUT2D eigenvalue weighted by molar-refractivity contribution is -0.0327. The van der Waals surface area contributed by atoms with Crippen LogP contribution < -0.4 is 0 Å². The number of rotatable bonds is 23. The molecule has 0 unspecified atom stereocenters. The summed E-state index contributed by atoms with van der Waals surface area (Å²) < 4.78 is 76.0. The zero-order valence-electron chi connectivity index (χ0n) is 27.3. The lowest BCUT2D eigenvalue weighted by Crippen LogP contribution is -2.40. The molecule has 2 aliphatic heterocycles. The van der Waals surface area contributed by atoms with Gasteiger partial charge in [0, 0.05) is 10.8 Å². The van der Waals surface area contributed by atoms with Crippen LogP contribution in [0.3, 0.4) is 0 Å². The smallest absolute Gasteiger partial charge is 0.308 e. The van der Waals surface area contributed by atoms with Gasteiger partial charge in [0.25, 0.3) is 0 Å². The third-order valence-corrected chi connectivity index (χ3v) is 14.5. The summed E-state index contributed by atoms with van der Waals surface area (Å²) in [7, 11) is -9.70. The van der Waals surface area contributed by atoms with Crippen molar-refractivity contribution >= 4 is 22.8 Å². The lowest BCUT2D eigenvalue weighted by Gasteiger charge is -2.40. The van der Waals surface area contributed by atoms with E-state index in [1.54, 1.807) is 0 Å². The number of hydrogen-bond acceptors (Lipinski definition) is 9. The Morgan fingerprint density at radius 2 is 0.929 bits per heavy atom. The molecule has 0 spiro atoms. The Bertz CT molecular complexity index is 811. The molecule has 12 heteroatoms.